The monoisotopic (exact) mass is 450 g/mol. The van der Waals surface area contributed by atoms with Crippen LogP contribution in [0.15, 0.2) is 90.6 Å². The van der Waals surface area contributed by atoms with Crippen LogP contribution in [-0.4, -0.2) is 0 Å². The van der Waals surface area contributed by atoms with Crippen molar-refractivity contribution in [2.45, 2.75) is 32.6 Å². The number of fused-ring (bicyclic) bond motifs is 4. The number of aryl methyl sites for hydroxylation is 1. The summed E-state index contributed by atoms with van der Waals surface area (Å²) in [4.78, 5) is 0. The fraction of sp³-hybridized carbons (Fsp3) is 0.200. The Labute approximate surface area is 207 Å². The summed E-state index contributed by atoms with van der Waals surface area (Å²) in [6.07, 6.45) is 25.7. The van der Waals surface area contributed by atoms with Crippen molar-refractivity contribution in [3.63, 3.8) is 0 Å². The van der Waals surface area contributed by atoms with Gasteiger partial charge in [0.1, 0.15) is 0 Å². The van der Waals surface area contributed by atoms with Crippen molar-refractivity contribution < 1.29 is 0 Å². The Morgan fingerprint density at radius 1 is 0.771 bits per heavy atom. The molecule has 0 saturated heterocycles. The van der Waals surface area contributed by atoms with Crippen molar-refractivity contribution in [3.05, 3.63) is 123 Å². The third kappa shape index (κ3) is 3.43. The van der Waals surface area contributed by atoms with Crippen LogP contribution in [0.25, 0.3) is 40.1 Å². The van der Waals surface area contributed by atoms with Crippen molar-refractivity contribution in [2.75, 3.05) is 0 Å². The average Bonchev–Trinajstić information content (AvgIpc) is 2.91. The summed E-state index contributed by atoms with van der Waals surface area (Å²) < 4.78 is 0. The van der Waals surface area contributed by atoms with Crippen molar-refractivity contribution >= 4 is 40.1 Å². The standard InChI is InChI=1S/C35H30/c1-23-14-19-32-33(20-23)35(29-18-16-25-9-3-5-11-27(25)22-29)31-13-7-6-12-30(31)34(32)28-17-15-24-8-2-4-10-26(24)21-28/h2-13,16,18-21,23,27H,14-15,17,22H2,1H3. The van der Waals surface area contributed by atoms with E-state index in [1.807, 2.05) is 0 Å². The number of benzene rings is 3. The zero-order valence-corrected chi connectivity index (χ0v) is 20.3. The molecule has 2 unspecified atom stereocenters. The summed E-state index contributed by atoms with van der Waals surface area (Å²) in [5.74, 6) is 1.04. The van der Waals surface area contributed by atoms with Gasteiger partial charge in [0, 0.05) is 5.92 Å². The summed E-state index contributed by atoms with van der Waals surface area (Å²) >= 11 is 0. The van der Waals surface area contributed by atoms with E-state index in [1.54, 1.807) is 0 Å². The summed E-state index contributed by atoms with van der Waals surface area (Å²) in [6, 6.07) is 18.1. The first-order valence-electron chi connectivity index (χ1n) is 13.1. The minimum Gasteiger partial charge on any atom is -0.0767 e. The van der Waals surface area contributed by atoms with Gasteiger partial charge >= 0.3 is 0 Å². The van der Waals surface area contributed by atoms with Gasteiger partial charge in [-0.05, 0) is 91.8 Å². The normalized spacial score (nSPS) is 22.1. The van der Waals surface area contributed by atoms with Crippen molar-refractivity contribution in [2.24, 2.45) is 11.8 Å². The third-order valence-electron chi connectivity index (χ3n) is 8.22. The van der Waals surface area contributed by atoms with Gasteiger partial charge in [-0.2, -0.15) is 0 Å². The smallest absolute Gasteiger partial charge is 0.00617 e. The highest BCUT2D eigenvalue weighted by molar-refractivity contribution is 6.04. The molecule has 0 fully saturated rings. The first kappa shape index (κ1) is 20.7. The molecule has 0 spiro atoms. The molecular weight excluding hydrogens is 420 g/mol. The first-order valence-corrected chi connectivity index (χ1v) is 13.1. The molecule has 3 aromatic rings. The molecule has 35 heavy (non-hydrogen) atoms. The fourth-order valence-corrected chi connectivity index (χ4v) is 6.49. The van der Waals surface area contributed by atoms with Crippen LogP contribution in [0.2, 0.25) is 0 Å². The van der Waals surface area contributed by atoms with Crippen LogP contribution in [-0.2, 0) is 6.42 Å². The van der Waals surface area contributed by atoms with E-state index in [1.165, 1.54) is 60.2 Å². The lowest BCUT2D eigenvalue weighted by Crippen LogP contribution is -2.36. The lowest BCUT2D eigenvalue weighted by atomic mass is 9.77. The summed E-state index contributed by atoms with van der Waals surface area (Å²) in [5.41, 5.74) is 10.2. The predicted molar refractivity (Wildman–Crippen MR) is 151 cm³/mol. The molecule has 0 bridgehead atoms. The number of rotatable bonds is 2. The number of allylic oxidation sites excluding steroid dienone is 9. The van der Waals surface area contributed by atoms with E-state index in [2.05, 4.69) is 110 Å². The lowest BCUT2D eigenvalue weighted by Gasteiger charge is -2.27. The Balaban J connectivity index is 1.53. The molecule has 4 aliphatic carbocycles. The molecular formula is C35H30. The molecule has 0 heterocycles. The zero-order valence-electron chi connectivity index (χ0n) is 20.3. The molecule has 3 aromatic carbocycles. The van der Waals surface area contributed by atoms with Crippen molar-refractivity contribution in [3.8, 4) is 0 Å². The molecule has 0 radical (unpaired) electrons. The van der Waals surface area contributed by atoms with Gasteiger partial charge in [0.2, 0.25) is 0 Å². The van der Waals surface area contributed by atoms with Crippen LogP contribution in [0, 0.1) is 11.8 Å². The molecule has 0 aliphatic heterocycles. The Kier molecular flexibility index (Phi) is 4.87. The Morgan fingerprint density at radius 2 is 1.57 bits per heavy atom. The number of hydrogen-bond acceptors (Lipinski definition) is 0. The predicted octanol–water partition coefficient (Wildman–Crippen LogP) is 7.38. The lowest BCUT2D eigenvalue weighted by molar-refractivity contribution is 0.788. The Hall–Kier alpha value is -3.64. The highest BCUT2D eigenvalue weighted by atomic mass is 14.3. The van der Waals surface area contributed by atoms with Gasteiger partial charge in [0.25, 0.3) is 0 Å². The highest BCUT2D eigenvalue weighted by Gasteiger charge is 2.24. The second-order valence-corrected chi connectivity index (χ2v) is 10.5. The SMILES string of the molecule is CC1C=c2c(C3=CC=C4C=CC=CC4C3)c3ccccc3c(C3=Cc4ccccc4CC3)c2=CC1. The third-order valence-corrected chi connectivity index (χ3v) is 8.22. The van der Waals surface area contributed by atoms with Gasteiger partial charge in [-0.25, -0.2) is 0 Å². The van der Waals surface area contributed by atoms with Crippen LogP contribution in [0.4, 0.5) is 0 Å². The first-order chi connectivity index (χ1) is 17.3. The van der Waals surface area contributed by atoms with Crippen LogP contribution in [0.3, 0.4) is 0 Å². The molecule has 4 aliphatic rings. The van der Waals surface area contributed by atoms with Crippen LogP contribution < -0.4 is 10.4 Å². The average molecular weight is 451 g/mol. The van der Waals surface area contributed by atoms with Gasteiger partial charge in [-0.3, -0.25) is 0 Å². The van der Waals surface area contributed by atoms with E-state index in [0.29, 0.717) is 11.8 Å². The second-order valence-electron chi connectivity index (χ2n) is 10.5. The van der Waals surface area contributed by atoms with E-state index in [9.17, 15) is 0 Å². The van der Waals surface area contributed by atoms with Gasteiger partial charge in [0.15, 0.2) is 0 Å². The maximum absolute atomic E-state index is 2.55. The summed E-state index contributed by atoms with van der Waals surface area (Å²) in [7, 11) is 0. The highest BCUT2D eigenvalue weighted by Crippen LogP contribution is 2.38. The summed E-state index contributed by atoms with van der Waals surface area (Å²) in [6.45, 7) is 2.36. The maximum Gasteiger partial charge on any atom is 0.00617 e. The molecule has 0 amide bonds. The molecule has 0 nitrogen and oxygen atoms in total. The van der Waals surface area contributed by atoms with Crippen LogP contribution in [0.5, 0.6) is 0 Å². The van der Waals surface area contributed by atoms with Gasteiger partial charge in [0.05, 0.1) is 0 Å². The molecule has 0 saturated carbocycles. The van der Waals surface area contributed by atoms with Gasteiger partial charge < -0.3 is 0 Å². The van der Waals surface area contributed by atoms with E-state index in [-0.39, 0.29) is 0 Å². The topological polar surface area (TPSA) is 0 Å². The van der Waals surface area contributed by atoms with Crippen molar-refractivity contribution in [1.29, 1.82) is 0 Å². The molecule has 2 atom stereocenters. The van der Waals surface area contributed by atoms with E-state index in [4.69, 9.17) is 0 Å². The van der Waals surface area contributed by atoms with Crippen molar-refractivity contribution in [1.82, 2.24) is 0 Å². The van der Waals surface area contributed by atoms with Crippen LogP contribution in [0.1, 0.15) is 48.4 Å². The zero-order chi connectivity index (χ0) is 23.4. The Bertz CT molecular complexity index is 1650. The molecule has 0 aromatic heterocycles. The van der Waals surface area contributed by atoms with E-state index < -0.39 is 0 Å². The number of hydrogen-bond donors (Lipinski definition) is 0. The summed E-state index contributed by atoms with van der Waals surface area (Å²) in [5, 5.41) is 5.71. The van der Waals surface area contributed by atoms with Gasteiger partial charge in [-0.1, -0.05) is 110 Å². The molecule has 0 heteroatoms. The molecule has 7 rings (SSSR count). The maximum atomic E-state index is 2.55. The van der Waals surface area contributed by atoms with E-state index >= 15 is 0 Å². The van der Waals surface area contributed by atoms with E-state index in [0.717, 1.165) is 25.7 Å². The Morgan fingerprint density at radius 3 is 2.46 bits per heavy atom. The van der Waals surface area contributed by atoms with Gasteiger partial charge in [-0.15, -0.1) is 0 Å². The van der Waals surface area contributed by atoms with Crippen LogP contribution >= 0.6 is 0 Å². The quantitative estimate of drug-likeness (QED) is 0.382. The fourth-order valence-electron chi connectivity index (χ4n) is 6.49. The molecule has 170 valence electrons. The minimum absolute atomic E-state index is 0.483. The largest absolute Gasteiger partial charge is 0.0767 e. The molecule has 0 N–H and O–H groups in total. The minimum atomic E-state index is 0.483. The second kappa shape index (κ2) is 8.24.